The van der Waals surface area contributed by atoms with Crippen LogP contribution in [0.1, 0.15) is 16.7 Å². The van der Waals surface area contributed by atoms with E-state index in [-0.39, 0.29) is 24.2 Å². The van der Waals surface area contributed by atoms with Crippen LogP contribution in [0.5, 0.6) is 17.6 Å². The number of imidazole rings is 3. The predicted octanol–water partition coefficient (Wildman–Crippen LogP) is 0.561. The molecule has 0 amide bonds. The average Bonchev–Trinajstić information content (AvgIpc) is 4.06. The molecule has 0 unspecified atom stereocenters. The summed E-state index contributed by atoms with van der Waals surface area (Å²) in [6, 6.07) is 10.6. The number of rotatable bonds is 8. The molecular weight excluding hydrogens is 894 g/mol. The quantitative estimate of drug-likeness (QED) is 0.204. The summed E-state index contributed by atoms with van der Waals surface area (Å²) in [5.74, 6) is 2.07. The Balaban J connectivity index is 0.000000154. The van der Waals surface area contributed by atoms with Gasteiger partial charge in [-0.3, -0.25) is 42.2 Å². The van der Waals surface area contributed by atoms with Crippen LogP contribution < -0.4 is 48.0 Å². The first-order valence-corrected chi connectivity index (χ1v) is 20.4. The van der Waals surface area contributed by atoms with Crippen LogP contribution in [0.25, 0.3) is 33.5 Å². The van der Waals surface area contributed by atoms with Crippen molar-refractivity contribution in [3.05, 3.63) is 153 Å². The van der Waals surface area contributed by atoms with Crippen molar-refractivity contribution in [2.75, 3.05) is 21.3 Å². The molecule has 350 valence electrons. The van der Waals surface area contributed by atoms with Gasteiger partial charge in [0.2, 0.25) is 17.6 Å². The zero-order chi connectivity index (χ0) is 48.7. The van der Waals surface area contributed by atoms with Gasteiger partial charge < -0.3 is 27.9 Å². The van der Waals surface area contributed by atoms with Crippen LogP contribution in [0.4, 0.5) is 0 Å². The van der Waals surface area contributed by atoms with Crippen LogP contribution in [-0.4, -0.2) is 92.8 Å². The zero-order valence-electron chi connectivity index (χ0n) is 37.9. The van der Waals surface area contributed by atoms with E-state index in [4.69, 9.17) is 25.8 Å². The molecule has 0 saturated carbocycles. The molecule has 0 aliphatic heterocycles. The molecule has 0 fully saturated rings. The van der Waals surface area contributed by atoms with E-state index in [0.29, 0.717) is 57.0 Å². The van der Waals surface area contributed by atoms with Gasteiger partial charge in [0.25, 0.3) is 16.7 Å². The summed E-state index contributed by atoms with van der Waals surface area (Å²) >= 11 is 5.54. The minimum Gasteiger partial charge on any atom is -0.481 e. The minimum atomic E-state index is -0.448. The maximum atomic E-state index is 12.6. The van der Waals surface area contributed by atoms with Gasteiger partial charge in [0.15, 0.2) is 33.5 Å². The van der Waals surface area contributed by atoms with Crippen molar-refractivity contribution in [2.24, 2.45) is 42.3 Å². The fraction of sp³-hybridized carbons (Fsp3) is 0.286. The Hall–Kier alpha value is -8.41. The van der Waals surface area contributed by atoms with Gasteiger partial charge in [-0.2, -0.15) is 0 Å². The van der Waals surface area contributed by atoms with Crippen molar-refractivity contribution in [2.45, 2.75) is 19.0 Å². The molecular formula is C42H46ClN15O9. The Labute approximate surface area is 383 Å². The molecule has 0 aliphatic rings. The van der Waals surface area contributed by atoms with Crippen LogP contribution in [0, 0.1) is 0 Å². The van der Waals surface area contributed by atoms with E-state index in [1.54, 1.807) is 112 Å². The van der Waals surface area contributed by atoms with E-state index in [9.17, 15) is 28.8 Å². The third-order valence-electron chi connectivity index (χ3n) is 10.2. The van der Waals surface area contributed by atoms with E-state index in [1.807, 2.05) is 6.07 Å². The lowest BCUT2D eigenvalue weighted by Crippen LogP contribution is -2.39. The molecule has 25 heteroatoms. The summed E-state index contributed by atoms with van der Waals surface area (Å²) < 4.78 is 26.0. The highest BCUT2D eigenvalue weighted by Crippen LogP contribution is 2.11. The molecule has 9 aromatic heterocycles. The lowest BCUT2D eigenvalue weighted by atomic mass is 10.3. The Bertz CT molecular complexity index is 3380. The van der Waals surface area contributed by atoms with Gasteiger partial charge in [-0.25, -0.2) is 44.3 Å². The van der Waals surface area contributed by atoms with Crippen molar-refractivity contribution in [1.82, 2.24) is 71.4 Å². The number of ether oxygens (including phenoxy) is 3. The second kappa shape index (κ2) is 20.6. The van der Waals surface area contributed by atoms with E-state index in [0.717, 1.165) is 16.7 Å². The van der Waals surface area contributed by atoms with E-state index >= 15 is 0 Å². The number of pyridine rings is 3. The summed E-state index contributed by atoms with van der Waals surface area (Å²) in [5, 5.41) is 0. The average molecular weight is 940 g/mol. The second-order valence-corrected chi connectivity index (χ2v) is 14.9. The lowest BCUT2D eigenvalue weighted by Gasteiger charge is -2.09. The van der Waals surface area contributed by atoms with Crippen molar-refractivity contribution >= 4 is 45.1 Å². The summed E-state index contributed by atoms with van der Waals surface area (Å²) in [6.07, 6.45) is 9.40. The fourth-order valence-electron chi connectivity index (χ4n) is 6.56. The molecule has 1 N–H and O–H groups in total. The van der Waals surface area contributed by atoms with Gasteiger partial charge in [-0.1, -0.05) is 18.2 Å². The lowest BCUT2D eigenvalue weighted by molar-refractivity contribution is 0.397. The number of hydrogen-bond acceptors (Lipinski definition) is 15. The first kappa shape index (κ1) is 48.1. The number of nitrogens with one attached hydrogen (secondary N) is 1. The standard InChI is InChI=1S/2C14H15N5O3.C7H8ClNO.C7H8N4O2/c2*1-17-8-16-12-11(17)13(20)19(14(21)18(12)2)7-9-4-5-10(22-3)15-6-9;1-10-7-3-2-6(4-8)5-9-7;1-10-3-8-5-4(10)6(12)9-7(13)11(5)2/h2*4-6,8H,7H2,1-3H3;2-3,5H,4H2,1H3;3H,1-2H3,(H,9,12,13). The molecule has 9 rings (SSSR count). The van der Waals surface area contributed by atoms with Gasteiger partial charge in [0.1, 0.15) is 0 Å². The van der Waals surface area contributed by atoms with Crippen molar-refractivity contribution in [1.29, 1.82) is 0 Å². The van der Waals surface area contributed by atoms with Crippen LogP contribution in [0.3, 0.4) is 0 Å². The van der Waals surface area contributed by atoms with Crippen LogP contribution in [0.15, 0.2) is 103 Å². The number of halogens is 1. The van der Waals surface area contributed by atoms with Crippen molar-refractivity contribution < 1.29 is 14.2 Å². The van der Waals surface area contributed by atoms with Crippen LogP contribution in [-0.2, 0) is 61.3 Å². The normalized spacial score (nSPS) is 10.8. The molecule has 9 aromatic rings. The van der Waals surface area contributed by atoms with E-state index in [1.165, 1.54) is 56.0 Å². The first-order valence-electron chi connectivity index (χ1n) is 19.9. The first-order chi connectivity index (χ1) is 32.0. The molecule has 24 nitrogen and oxygen atoms in total. The third kappa shape index (κ3) is 10.1. The van der Waals surface area contributed by atoms with Gasteiger partial charge >= 0.3 is 17.1 Å². The Morgan fingerprint density at radius 2 is 0.851 bits per heavy atom. The maximum Gasteiger partial charge on any atom is 0.332 e. The Morgan fingerprint density at radius 3 is 1.19 bits per heavy atom. The van der Waals surface area contributed by atoms with Crippen LogP contribution in [0.2, 0.25) is 0 Å². The second-order valence-electron chi connectivity index (χ2n) is 14.6. The van der Waals surface area contributed by atoms with Gasteiger partial charge in [0.05, 0.1) is 53.4 Å². The highest BCUT2D eigenvalue weighted by Gasteiger charge is 2.17. The highest BCUT2D eigenvalue weighted by molar-refractivity contribution is 6.17. The molecule has 0 aliphatic carbocycles. The van der Waals surface area contributed by atoms with Gasteiger partial charge in [0, 0.05) is 85.0 Å². The number of hydrogen-bond donors (Lipinski definition) is 1. The fourth-order valence-corrected chi connectivity index (χ4v) is 6.72. The monoisotopic (exact) mass is 939 g/mol. The summed E-state index contributed by atoms with van der Waals surface area (Å²) in [6.45, 7) is 0.285. The topological polar surface area (TPSA) is 263 Å². The number of H-pyrrole nitrogens is 1. The van der Waals surface area contributed by atoms with Gasteiger partial charge in [-0.15, -0.1) is 11.6 Å². The molecule has 0 radical (unpaired) electrons. The molecule has 0 saturated heterocycles. The molecule has 9 heterocycles. The summed E-state index contributed by atoms with van der Waals surface area (Å²) in [7, 11) is 14.5. The number of aryl methyl sites for hydroxylation is 6. The highest BCUT2D eigenvalue weighted by atomic mass is 35.5. The number of aromatic nitrogens is 15. The zero-order valence-corrected chi connectivity index (χ0v) is 38.6. The number of methoxy groups -OCH3 is 3. The van der Waals surface area contributed by atoms with Gasteiger partial charge in [-0.05, 0) is 16.7 Å². The Kier molecular flexibility index (Phi) is 14.8. The summed E-state index contributed by atoms with van der Waals surface area (Å²) in [5.41, 5.74) is 2.41. The van der Waals surface area contributed by atoms with Crippen molar-refractivity contribution in [3.8, 4) is 17.6 Å². The number of nitrogens with zero attached hydrogens (tertiary/aromatic N) is 14. The molecule has 0 atom stereocenters. The molecule has 0 spiro atoms. The van der Waals surface area contributed by atoms with E-state index < -0.39 is 22.6 Å². The number of fused-ring (bicyclic) bond motifs is 3. The number of alkyl halides is 1. The minimum absolute atomic E-state index is 0.142. The predicted molar refractivity (Wildman–Crippen MR) is 247 cm³/mol. The maximum absolute atomic E-state index is 12.6. The van der Waals surface area contributed by atoms with E-state index in [2.05, 4.69) is 34.9 Å². The van der Waals surface area contributed by atoms with Crippen LogP contribution >= 0.6 is 11.6 Å². The molecule has 0 bridgehead atoms. The van der Waals surface area contributed by atoms with Crippen molar-refractivity contribution in [3.63, 3.8) is 0 Å². The molecule has 67 heavy (non-hydrogen) atoms. The summed E-state index contributed by atoms with van der Waals surface area (Å²) in [4.78, 5) is 98.7. The smallest absolute Gasteiger partial charge is 0.332 e. The SMILES string of the molecule is COc1ccc(CCl)cn1.COc1ccc(Cn2c(=O)c3c(ncn3C)n(C)c2=O)cn1.COc1ccc(Cn2c(=O)c3c(ncn3C)n(C)c2=O)cn1.Cn1cnc2c1c(=O)[nH]c(=O)n2C. The number of aromatic amines is 1. The molecule has 0 aromatic carbocycles. The third-order valence-corrected chi connectivity index (χ3v) is 10.5. The Morgan fingerprint density at radius 1 is 0.493 bits per heavy atom. The largest absolute Gasteiger partial charge is 0.481 e.